The molecule has 2 aromatic rings. The van der Waals surface area contributed by atoms with E-state index in [1.54, 1.807) is 26.0 Å². The van der Waals surface area contributed by atoms with Crippen LogP contribution in [0.2, 0.25) is 0 Å². The van der Waals surface area contributed by atoms with Gasteiger partial charge >= 0.3 is 0 Å². The first-order valence-electron chi connectivity index (χ1n) is 7.35. The fourth-order valence-electron chi connectivity index (χ4n) is 1.84. The summed E-state index contributed by atoms with van der Waals surface area (Å²) < 4.78 is 14.3. The zero-order valence-corrected chi connectivity index (χ0v) is 14.4. The van der Waals surface area contributed by atoms with Gasteiger partial charge in [-0.15, -0.1) is 10.2 Å². The number of amides is 1. The largest absolute Gasteiger partial charge is 0.357 e. The van der Waals surface area contributed by atoms with Gasteiger partial charge in [0.1, 0.15) is 5.82 Å². The minimum atomic E-state index is -0.346. The molecule has 1 fully saturated rings. The van der Waals surface area contributed by atoms with E-state index >= 15 is 0 Å². The van der Waals surface area contributed by atoms with E-state index in [0.717, 1.165) is 9.47 Å². The van der Waals surface area contributed by atoms with Gasteiger partial charge in [-0.2, -0.15) is 0 Å². The number of hydrogen-bond acceptors (Lipinski definition) is 6. The fourth-order valence-corrected chi connectivity index (χ4v) is 3.81. The Morgan fingerprint density at radius 3 is 2.91 bits per heavy atom. The summed E-state index contributed by atoms with van der Waals surface area (Å²) in [6, 6.07) is 5.19. The molecule has 8 heteroatoms. The summed E-state index contributed by atoms with van der Waals surface area (Å²) in [5.74, 6) is -0.520. The van der Waals surface area contributed by atoms with E-state index in [2.05, 4.69) is 20.8 Å². The third-order valence-electron chi connectivity index (χ3n) is 3.40. The Morgan fingerprint density at radius 1 is 1.43 bits per heavy atom. The van der Waals surface area contributed by atoms with Crippen molar-refractivity contribution >= 4 is 39.8 Å². The molecule has 0 radical (unpaired) electrons. The van der Waals surface area contributed by atoms with E-state index < -0.39 is 0 Å². The van der Waals surface area contributed by atoms with E-state index in [1.807, 2.05) is 0 Å². The van der Waals surface area contributed by atoms with Crippen molar-refractivity contribution in [2.24, 2.45) is 0 Å². The van der Waals surface area contributed by atoms with E-state index in [0.29, 0.717) is 17.3 Å². The van der Waals surface area contributed by atoms with Crippen LogP contribution >= 0.6 is 23.1 Å². The number of hydrogen-bond donors (Lipinski definition) is 2. The molecule has 2 N–H and O–H groups in total. The molecule has 1 heterocycles. The number of aryl methyl sites for hydroxylation is 1. The van der Waals surface area contributed by atoms with Gasteiger partial charge < -0.3 is 10.6 Å². The van der Waals surface area contributed by atoms with E-state index in [1.165, 1.54) is 42.0 Å². The van der Waals surface area contributed by atoms with Crippen molar-refractivity contribution in [1.29, 1.82) is 0 Å². The monoisotopic (exact) mass is 352 g/mol. The number of benzene rings is 1. The number of nitrogens with one attached hydrogen (secondary N) is 2. The number of nitrogens with zero attached hydrogens (tertiary/aromatic N) is 2. The zero-order valence-electron chi connectivity index (χ0n) is 12.8. The molecule has 1 aliphatic carbocycles. The number of rotatable bonds is 6. The van der Waals surface area contributed by atoms with E-state index in [9.17, 15) is 9.18 Å². The highest BCUT2D eigenvalue weighted by atomic mass is 32.2. The molecule has 122 valence electrons. The van der Waals surface area contributed by atoms with Crippen LogP contribution in [0.1, 0.15) is 25.3 Å². The van der Waals surface area contributed by atoms with Crippen LogP contribution in [0.15, 0.2) is 22.5 Å². The molecule has 1 saturated carbocycles. The summed E-state index contributed by atoms with van der Waals surface area (Å²) in [4.78, 5) is 12.2. The van der Waals surface area contributed by atoms with Gasteiger partial charge in [-0.3, -0.25) is 4.79 Å². The second kappa shape index (κ2) is 6.84. The third-order valence-corrected chi connectivity index (χ3v) is 5.44. The molecule has 0 aliphatic heterocycles. The average Bonchev–Trinajstić information content (AvgIpc) is 3.21. The highest BCUT2D eigenvalue weighted by Crippen LogP contribution is 2.32. The van der Waals surface area contributed by atoms with Crippen LogP contribution in [-0.2, 0) is 4.79 Å². The summed E-state index contributed by atoms with van der Waals surface area (Å²) in [6.45, 7) is 3.47. The molecule has 0 spiro atoms. The predicted molar refractivity (Wildman–Crippen MR) is 91.6 cm³/mol. The normalized spacial score (nSPS) is 15.3. The number of carbonyl (C=O) groups excluding carboxylic acids is 1. The van der Waals surface area contributed by atoms with Gasteiger partial charge in [0, 0.05) is 11.7 Å². The fraction of sp³-hybridized carbons (Fsp3) is 0.400. The molecule has 1 aromatic carbocycles. The third kappa shape index (κ3) is 4.42. The summed E-state index contributed by atoms with van der Waals surface area (Å²) >= 11 is 2.79. The molecule has 1 amide bonds. The van der Waals surface area contributed by atoms with Gasteiger partial charge in [0.15, 0.2) is 4.34 Å². The van der Waals surface area contributed by atoms with Crippen molar-refractivity contribution in [3.63, 3.8) is 0 Å². The van der Waals surface area contributed by atoms with E-state index in [4.69, 9.17) is 0 Å². The van der Waals surface area contributed by atoms with Crippen LogP contribution in [-0.4, -0.2) is 27.4 Å². The SMILES string of the molecule is Cc1ccc(NC(=O)[C@@H](C)Sc2nnc(NC3CC3)s2)cc1F. The van der Waals surface area contributed by atoms with Crippen LogP contribution in [0.4, 0.5) is 15.2 Å². The molecular formula is C15H17FN4OS2. The van der Waals surface area contributed by atoms with Crippen molar-refractivity contribution < 1.29 is 9.18 Å². The lowest BCUT2D eigenvalue weighted by Gasteiger charge is -2.10. The molecule has 0 unspecified atom stereocenters. The maximum Gasteiger partial charge on any atom is 0.237 e. The first kappa shape index (κ1) is 16.2. The first-order chi connectivity index (χ1) is 11.0. The minimum absolute atomic E-state index is 0.190. The van der Waals surface area contributed by atoms with Crippen LogP contribution in [0, 0.1) is 12.7 Å². The second-order valence-electron chi connectivity index (χ2n) is 5.51. The van der Waals surface area contributed by atoms with E-state index in [-0.39, 0.29) is 17.0 Å². The molecule has 0 bridgehead atoms. The van der Waals surface area contributed by atoms with Crippen LogP contribution in [0.3, 0.4) is 0 Å². The predicted octanol–water partition coefficient (Wildman–Crippen LogP) is 3.68. The molecule has 1 atom stereocenters. The van der Waals surface area contributed by atoms with Gasteiger partial charge in [-0.05, 0) is 44.4 Å². The van der Waals surface area contributed by atoms with Crippen molar-refractivity contribution in [3.8, 4) is 0 Å². The minimum Gasteiger partial charge on any atom is -0.357 e. The number of halogens is 1. The lowest BCUT2D eigenvalue weighted by atomic mass is 10.2. The zero-order chi connectivity index (χ0) is 16.4. The molecular weight excluding hydrogens is 335 g/mol. The van der Waals surface area contributed by atoms with Crippen molar-refractivity contribution in [1.82, 2.24) is 10.2 Å². The van der Waals surface area contributed by atoms with Crippen molar-refractivity contribution in [2.75, 3.05) is 10.6 Å². The van der Waals surface area contributed by atoms with Crippen molar-refractivity contribution in [3.05, 3.63) is 29.6 Å². The molecule has 3 rings (SSSR count). The Bertz CT molecular complexity index is 717. The summed E-state index contributed by atoms with van der Waals surface area (Å²) in [5, 5.41) is 14.6. The molecule has 5 nitrogen and oxygen atoms in total. The summed E-state index contributed by atoms with van der Waals surface area (Å²) in [7, 11) is 0. The standard InChI is InChI=1S/C15H17FN4OS2/c1-8-3-4-11(7-12(8)16)17-13(21)9(2)22-15-20-19-14(23-15)18-10-5-6-10/h3-4,7,9-10H,5-6H2,1-2H3,(H,17,21)(H,18,19)/t9-/m1/s1. The topological polar surface area (TPSA) is 66.9 Å². The second-order valence-corrected chi connectivity index (χ2v) is 8.07. The van der Waals surface area contributed by atoms with Gasteiger partial charge in [-0.1, -0.05) is 29.2 Å². The number of thioether (sulfide) groups is 1. The maximum absolute atomic E-state index is 13.5. The quantitative estimate of drug-likeness (QED) is 0.776. The number of carbonyl (C=O) groups is 1. The van der Waals surface area contributed by atoms with Gasteiger partial charge in [0.05, 0.1) is 5.25 Å². The summed E-state index contributed by atoms with van der Waals surface area (Å²) in [5.41, 5.74) is 1.01. The Kier molecular flexibility index (Phi) is 4.82. The lowest BCUT2D eigenvalue weighted by molar-refractivity contribution is -0.115. The van der Waals surface area contributed by atoms with Gasteiger partial charge in [-0.25, -0.2) is 4.39 Å². The highest BCUT2D eigenvalue weighted by molar-refractivity contribution is 8.02. The maximum atomic E-state index is 13.5. The number of anilines is 2. The Balaban J connectivity index is 1.56. The van der Waals surface area contributed by atoms with Crippen molar-refractivity contribution in [2.45, 2.75) is 42.3 Å². The first-order valence-corrected chi connectivity index (χ1v) is 9.04. The Morgan fingerprint density at radius 2 is 2.22 bits per heavy atom. The van der Waals surface area contributed by atoms with Gasteiger partial charge in [0.2, 0.25) is 11.0 Å². The Labute approximate surface area is 142 Å². The smallest absolute Gasteiger partial charge is 0.237 e. The Hall–Kier alpha value is -1.67. The molecule has 0 saturated heterocycles. The lowest BCUT2D eigenvalue weighted by Crippen LogP contribution is -2.22. The highest BCUT2D eigenvalue weighted by Gasteiger charge is 2.23. The molecule has 1 aromatic heterocycles. The summed E-state index contributed by atoms with van der Waals surface area (Å²) in [6.07, 6.45) is 2.35. The van der Waals surface area contributed by atoms with Crippen LogP contribution in [0.5, 0.6) is 0 Å². The molecule has 23 heavy (non-hydrogen) atoms. The van der Waals surface area contributed by atoms with Crippen LogP contribution < -0.4 is 10.6 Å². The van der Waals surface area contributed by atoms with Gasteiger partial charge in [0.25, 0.3) is 0 Å². The van der Waals surface area contributed by atoms with Crippen LogP contribution in [0.25, 0.3) is 0 Å². The average molecular weight is 352 g/mol. The number of aromatic nitrogens is 2. The molecule has 1 aliphatic rings.